The van der Waals surface area contributed by atoms with Crippen LogP contribution < -0.4 is 0 Å². The normalized spacial score (nSPS) is 46.4. The Balaban J connectivity index is 0.00000121. The lowest BCUT2D eigenvalue weighted by molar-refractivity contribution is -0.114. The van der Waals surface area contributed by atoms with Crippen LogP contribution in [0.5, 0.6) is 0 Å². The highest BCUT2D eigenvalue weighted by Crippen LogP contribution is 2.68. The zero-order chi connectivity index (χ0) is 16.9. The van der Waals surface area contributed by atoms with Crippen molar-refractivity contribution >= 4 is 37.2 Å². The summed E-state index contributed by atoms with van der Waals surface area (Å²) in [5.41, 5.74) is 1.41. The van der Waals surface area contributed by atoms with Crippen LogP contribution in [0.15, 0.2) is 0 Å². The smallest absolute Gasteiger partial charge is 0.0264 e. The second-order valence-electron chi connectivity index (χ2n) is 10.9. The molecule has 0 saturated heterocycles. The summed E-state index contributed by atoms with van der Waals surface area (Å²) in [6, 6.07) is 0. The molecule has 1 unspecified atom stereocenters. The van der Waals surface area contributed by atoms with Crippen molar-refractivity contribution in [1.29, 1.82) is 0 Å². The van der Waals surface area contributed by atoms with Gasteiger partial charge < -0.3 is 0 Å². The molecule has 0 aromatic heterocycles. The van der Waals surface area contributed by atoms with Crippen LogP contribution in [0.3, 0.4) is 0 Å². The third-order valence-corrected chi connectivity index (χ3v) is 10.1. The van der Waals surface area contributed by atoms with Gasteiger partial charge in [-0.15, -0.1) is 37.2 Å². The Labute approximate surface area is 188 Å². The summed E-state index contributed by atoms with van der Waals surface area (Å²) in [6.07, 6.45) is 18.4. The van der Waals surface area contributed by atoms with E-state index in [-0.39, 0.29) is 37.2 Å². The SMILES string of the molecule is CCC[C@@H](C)[C@H]1CC[C@H]2[C@@H]3CCC4CCCC[C@]4(C)[C@H]3CC[C@]12C.Cl.Cl.Cl. The van der Waals surface area contributed by atoms with Gasteiger partial charge in [0, 0.05) is 0 Å². The Bertz CT molecular complexity index is 467. The van der Waals surface area contributed by atoms with E-state index in [2.05, 4.69) is 27.7 Å². The summed E-state index contributed by atoms with van der Waals surface area (Å²) in [4.78, 5) is 0. The fraction of sp³-hybridized carbons (Fsp3) is 1.00. The van der Waals surface area contributed by atoms with Gasteiger partial charge in [0.05, 0.1) is 0 Å². The van der Waals surface area contributed by atoms with E-state index < -0.39 is 0 Å². The van der Waals surface area contributed by atoms with Crippen molar-refractivity contribution in [3.63, 3.8) is 0 Å². The van der Waals surface area contributed by atoms with Gasteiger partial charge >= 0.3 is 0 Å². The van der Waals surface area contributed by atoms with Gasteiger partial charge in [-0.1, -0.05) is 53.4 Å². The highest BCUT2D eigenvalue weighted by Gasteiger charge is 2.59. The molecule has 4 aliphatic carbocycles. The zero-order valence-corrected chi connectivity index (χ0v) is 20.6. The number of hydrogen-bond donors (Lipinski definition) is 0. The van der Waals surface area contributed by atoms with E-state index in [1.807, 2.05) is 0 Å². The summed E-state index contributed by atoms with van der Waals surface area (Å²) >= 11 is 0. The van der Waals surface area contributed by atoms with Gasteiger partial charge in [-0.05, 0) is 97.7 Å². The van der Waals surface area contributed by atoms with Gasteiger partial charge in [0.25, 0.3) is 0 Å². The second-order valence-corrected chi connectivity index (χ2v) is 10.9. The minimum absolute atomic E-state index is 0. The standard InChI is InChI=1S/C24H42.3ClH/c1-5-8-17(2)20-12-13-21-19-11-10-18-9-6-7-15-23(18,3)22(19)14-16-24(20,21)4;;;/h17-22H,5-16H2,1-4H3;3*1H/t17-,18?,19+,20-,21+,22+,23+,24-;;;/m1.../s1. The van der Waals surface area contributed by atoms with Crippen LogP contribution in [-0.4, -0.2) is 0 Å². The van der Waals surface area contributed by atoms with Gasteiger partial charge in [-0.3, -0.25) is 0 Å². The first-order valence-corrected chi connectivity index (χ1v) is 11.5. The molecule has 0 aromatic carbocycles. The first kappa shape index (κ1) is 25.9. The second kappa shape index (κ2) is 9.78. The van der Waals surface area contributed by atoms with Gasteiger partial charge in [0.1, 0.15) is 0 Å². The largest absolute Gasteiger partial charge is 0.147 e. The molecule has 4 rings (SSSR count). The van der Waals surface area contributed by atoms with E-state index in [0.717, 1.165) is 40.9 Å². The molecule has 0 aromatic rings. The van der Waals surface area contributed by atoms with Crippen molar-refractivity contribution in [2.24, 2.45) is 46.3 Å². The Morgan fingerprint density at radius 3 is 2.19 bits per heavy atom. The lowest BCUT2D eigenvalue weighted by Gasteiger charge is -2.61. The monoisotopic (exact) mass is 438 g/mol. The maximum atomic E-state index is 2.73. The van der Waals surface area contributed by atoms with Crippen LogP contribution in [0.25, 0.3) is 0 Å². The first-order valence-electron chi connectivity index (χ1n) is 11.5. The van der Waals surface area contributed by atoms with Crippen LogP contribution in [0.2, 0.25) is 0 Å². The molecule has 27 heavy (non-hydrogen) atoms. The van der Waals surface area contributed by atoms with E-state index in [1.54, 1.807) is 51.4 Å². The molecule has 4 aliphatic rings. The van der Waals surface area contributed by atoms with Crippen molar-refractivity contribution < 1.29 is 0 Å². The fourth-order valence-corrected chi connectivity index (χ4v) is 8.93. The third-order valence-electron chi connectivity index (χ3n) is 10.1. The molecule has 4 saturated carbocycles. The molecular formula is C24H45Cl3. The Hall–Kier alpha value is 0.870. The van der Waals surface area contributed by atoms with Gasteiger partial charge in [-0.2, -0.15) is 0 Å². The molecule has 4 fully saturated rings. The number of rotatable bonds is 3. The maximum Gasteiger partial charge on any atom is -0.0264 e. The lowest BCUT2D eigenvalue weighted by Crippen LogP contribution is -2.53. The van der Waals surface area contributed by atoms with Crippen LogP contribution >= 0.6 is 37.2 Å². The third kappa shape index (κ3) is 4.07. The molecule has 162 valence electrons. The zero-order valence-electron chi connectivity index (χ0n) is 18.2. The molecule has 0 bridgehead atoms. The molecule has 8 atom stereocenters. The number of halogens is 3. The summed E-state index contributed by atoms with van der Waals surface area (Å²) in [6.45, 7) is 10.4. The van der Waals surface area contributed by atoms with E-state index in [9.17, 15) is 0 Å². The Morgan fingerprint density at radius 1 is 0.778 bits per heavy atom. The molecule has 0 spiro atoms. The Morgan fingerprint density at radius 2 is 1.48 bits per heavy atom. The Kier molecular flexibility index (Phi) is 9.39. The van der Waals surface area contributed by atoms with Crippen LogP contribution in [0.1, 0.15) is 105 Å². The maximum absolute atomic E-state index is 2.73. The molecule has 0 amide bonds. The molecule has 0 heterocycles. The van der Waals surface area contributed by atoms with Crippen molar-refractivity contribution in [3.8, 4) is 0 Å². The van der Waals surface area contributed by atoms with Crippen molar-refractivity contribution in [3.05, 3.63) is 0 Å². The molecule has 0 aliphatic heterocycles. The van der Waals surface area contributed by atoms with Gasteiger partial charge in [0.15, 0.2) is 0 Å². The minimum atomic E-state index is 0. The quantitative estimate of drug-likeness (QED) is 0.412. The number of fused-ring (bicyclic) bond motifs is 5. The van der Waals surface area contributed by atoms with E-state index in [0.29, 0.717) is 5.41 Å². The fourth-order valence-electron chi connectivity index (χ4n) is 8.93. The van der Waals surface area contributed by atoms with E-state index in [1.165, 1.54) is 25.7 Å². The predicted molar refractivity (Wildman–Crippen MR) is 126 cm³/mol. The van der Waals surface area contributed by atoms with Crippen LogP contribution in [-0.2, 0) is 0 Å². The summed E-state index contributed by atoms with van der Waals surface area (Å²) < 4.78 is 0. The van der Waals surface area contributed by atoms with Crippen molar-refractivity contribution in [2.45, 2.75) is 105 Å². The molecule has 0 radical (unpaired) electrons. The first-order chi connectivity index (χ1) is 11.5. The predicted octanol–water partition coefficient (Wildman–Crippen LogP) is 8.74. The topological polar surface area (TPSA) is 0 Å². The van der Waals surface area contributed by atoms with E-state index in [4.69, 9.17) is 0 Å². The summed E-state index contributed by atoms with van der Waals surface area (Å²) in [5.74, 6) is 6.30. The van der Waals surface area contributed by atoms with Crippen LogP contribution in [0, 0.1) is 46.3 Å². The van der Waals surface area contributed by atoms with Crippen molar-refractivity contribution in [1.82, 2.24) is 0 Å². The summed E-state index contributed by atoms with van der Waals surface area (Å²) in [7, 11) is 0. The highest BCUT2D eigenvalue weighted by atomic mass is 35.5. The van der Waals surface area contributed by atoms with Gasteiger partial charge in [-0.25, -0.2) is 0 Å². The lowest BCUT2D eigenvalue weighted by atomic mass is 9.44. The van der Waals surface area contributed by atoms with Gasteiger partial charge in [0.2, 0.25) is 0 Å². The molecule has 0 nitrogen and oxygen atoms in total. The van der Waals surface area contributed by atoms with Crippen LogP contribution in [0.4, 0.5) is 0 Å². The highest BCUT2D eigenvalue weighted by molar-refractivity contribution is 5.86. The average Bonchev–Trinajstić information content (AvgIpc) is 2.92. The molecule has 3 heteroatoms. The average molecular weight is 440 g/mol. The summed E-state index contributed by atoms with van der Waals surface area (Å²) in [5, 5.41) is 0. The molecule has 0 N–H and O–H groups in total. The number of hydrogen-bond acceptors (Lipinski definition) is 0. The molecular weight excluding hydrogens is 395 g/mol. The van der Waals surface area contributed by atoms with E-state index >= 15 is 0 Å². The minimum Gasteiger partial charge on any atom is -0.147 e. The van der Waals surface area contributed by atoms with Crippen molar-refractivity contribution in [2.75, 3.05) is 0 Å².